The number of fused-ring (bicyclic) bond motifs is 4. The normalized spacial score (nSPS) is 12.7. The molecule has 256 valence electrons. The van der Waals surface area contributed by atoms with Gasteiger partial charge in [0, 0.05) is 50.3 Å². The van der Waals surface area contributed by atoms with Gasteiger partial charge in [0.15, 0.2) is 17.5 Å². The first-order valence-electron chi connectivity index (χ1n) is 18.3. The molecule has 5 nitrogen and oxygen atoms in total. The van der Waals surface area contributed by atoms with Crippen LogP contribution in [0.25, 0.3) is 72.4 Å². The average Bonchev–Trinajstić information content (AvgIpc) is 3.63. The third-order valence-corrected chi connectivity index (χ3v) is 10.1. The molecule has 0 bridgehead atoms. The Labute approximate surface area is 313 Å². The van der Waals surface area contributed by atoms with Crippen LogP contribution in [0.4, 0.5) is 17.1 Å². The van der Waals surface area contributed by atoms with E-state index in [2.05, 4.69) is 138 Å². The molecule has 0 fully saturated rings. The monoisotopic (exact) mass is 694 g/mol. The van der Waals surface area contributed by atoms with E-state index in [1.54, 1.807) is 0 Å². The molecule has 10 rings (SSSR count). The lowest BCUT2D eigenvalue weighted by Gasteiger charge is -2.26. The van der Waals surface area contributed by atoms with Crippen LogP contribution in [0.1, 0.15) is 18.4 Å². The second-order valence-electron chi connectivity index (χ2n) is 13.5. The Balaban J connectivity index is 1.12. The lowest BCUT2D eigenvalue weighted by Crippen LogP contribution is -2.10. The number of rotatable bonds is 7. The number of hydrogen-bond donors (Lipinski definition) is 0. The van der Waals surface area contributed by atoms with E-state index in [0.717, 1.165) is 68.5 Å². The summed E-state index contributed by atoms with van der Waals surface area (Å²) in [5.41, 5.74) is 9.92. The third kappa shape index (κ3) is 5.73. The average molecular weight is 695 g/mol. The van der Waals surface area contributed by atoms with Gasteiger partial charge in [-0.1, -0.05) is 140 Å². The van der Waals surface area contributed by atoms with Gasteiger partial charge in [-0.3, -0.25) is 0 Å². The van der Waals surface area contributed by atoms with Gasteiger partial charge in [0.25, 0.3) is 0 Å². The number of aromatic nitrogens is 3. The molecule has 0 amide bonds. The van der Waals surface area contributed by atoms with Crippen LogP contribution in [0.2, 0.25) is 0 Å². The molecule has 0 atom stereocenters. The molecule has 7 aromatic carbocycles. The molecule has 1 aliphatic carbocycles. The van der Waals surface area contributed by atoms with Crippen LogP contribution < -0.4 is 4.90 Å². The number of allylic oxidation sites excluding steroid dienone is 4. The van der Waals surface area contributed by atoms with E-state index in [-0.39, 0.29) is 0 Å². The first-order chi connectivity index (χ1) is 26.8. The summed E-state index contributed by atoms with van der Waals surface area (Å²) in [5, 5.41) is 4.33. The molecule has 0 saturated carbocycles. The van der Waals surface area contributed by atoms with E-state index < -0.39 is 0 Å². The Morgan fingerprint density at radius 2 is 1.17 bits per heavy atom. The zero-order chi connectivity index (χ0) is 35.8. The molecule has 0 aliphatic heterocycles. The zero-order valence-corrected chi connectivity index (χ0v) is 29.4. The van der Waals surface area contributed by atoms with E-state index in [1.165, 1.54) is 21.9 Å². The van der Waals surface area contributed by atoms with Crippen molar-refractivity contribution < 1.29 is 4.42 Å². The summed E-state index contributed by atoms with van der Waals surface area (Å²) in [4.78, 5) is 17.5. The number of furan rings is 1. The molecule has 1 aliphatic rings. The second-order valence-corrected chi connectivity index (χ2v) is 13.5. The lowest BCUT2D eigenvalue weighted by molar-refractivity contribution is 0.669. The Hall–Kier alpha value is -7.11. The zero-order valence-electron chi connectivity index (χ0n) is 29.4. The van der Waals surface area contributed by atoms with E-state index >= 15 is 0 Å². The van der Waals surface area contributed by atoms with Gasteiger partial charge in [0.2, 0.25) is 0 Å². The molecule has 0 unspecified atom stereocenters. The summed E-state index contributed by atoms with van der Waals surface area (Å²) in [5.74, 6) is 1.84. The predicted octanol–water partition coefficient (Wildman–Crippen LogP) is 13.1. The first-order valence-corrected chi connectivity index (χ1v) is 18.3. The molecule has 54 heavy (non-hydrogen) atoms. The largest absolute Gasteiger partial charge is 0.456 e. The highest BCUT2D eigenvalue weighted by Gasteiger charge is 2.21. The van der Waals surface area contributed by atoms with Crippen molar-refractivity contribution in [2.75, 3.05) is 4.90 Å². The van der Waals surface area contributed by atoms with Gasteiger partial charge in [-0.05, 0) is 65.8 Å². The topological polar surface area (TPSA) is 55.1 Å². The number of para-hydroxylation sites is 1. The maximum absolute atomic E-state index is 6.66. The Morgan fingerprint density at radius 1 is 0.481 bits per heavy atom. The fourth-order valence-corrected chi connectivity index (χ4v) is 7.53. The van der Waals surface area contributed by atoms with Crippen LogP contribution >= 0.6 is 0 Å². The minimum absolute atomic E-state index is 0.597. The maximum atomic E-state index is 6.66. The van der Waals surface area contributed by atoms with Gasteiger partial charge in [-0.15, -0.1) is 0 Å². The Bertz CT molecular complexity index is 2870. The molecule has 5 heteroatoms. The fraction of sp³-hybridized carbons (Fsp3) is 0.0408. The van der Waals surface area contributed by atoms with Crippen molar-refractivity contribution in [1.29, 1.82) is 0 Å². The van der Waals surface area contributed by atoms with Gasteiger partial charge in [-0.25, -0.2) is 15.0 Å². The molecular formula is C49H34N4O. The third-order valence-electron chi connectivity index (χ3n) is 10.1. The van der Waals surface area contributed by atoms with Crippen LogP contribution in [0.15, 0.2) is 186 Å². The van der Waals surface area contributed by atoms with Crippen molar-refractivity contribution >= 4 is 55.3 Å². The highest BCUT2D eigenvalue weighted by atomic mass is 16.3. The molecule has 0 radical (unpaired) electrons. The van der Waals surface area contributed by atoms with Crippen molar-refractivity contribution in [2.45, 2.75) is 12.8 Å². The number of benzene rings is 7. The molecular weight excluding hydrogens is 661 g/mol. The van der Waals surface area contributed by atoms with Gasteiger partial charge in [0.05, 0.1) is 5.69 Å². The second kappa shape index (κ2) is 13.5. The smallest absolute Gasteiger partial charge is 0.164 e. The standard InChI is InChI=1S/C49H34N4O/c1-4-14-33(15-5-1)34-26-28-37(29-27-34)48-50-47(36-17-6-2-7-18-36)51-49(52-48)42-23-13-25-44-46(42)41-31-30-39(32-45(41)54-44)53(38-20-8-3-9-21-38)43-24-12-19-35-16-10-11-22-40(35)43/h2-4,6-32H,1,5H2. The van der Waals surface area contributed by atoms with Gasteiger partial charge in [0.1, 0.15) is 11.2 Å². The van der Waals surface area contributed by atoms with Crippen LogP contribution in [0.5, 0.6) is 0 Å². The number of anilines is 3. The van der Waals surface area contributed by atoms with Crippen molar-refractivity contribution in [3.05, 3.63) is 188 Å². The Kier molecular flexibility index (Phi) is 7.88. The number of hydrogen-bond acceptors (Lipinski definition) is 5. The number of nitrogens with zero attached hydrogens (tertiary/aromatic N) is 4. The van der Waals surface area contributed by atoms with E-state index in [0.29, 0.717) is 17.5 Å². The van der Waals surface area contributed by atoms with Crippen molar-refractivity contribution in [2.24, 2.45) is 0 Å². The van der Waals surface area contributed by atoms with E-state index in [4.69, 9.17) is 19.4 Å². The maximum Gasteiger partial charge on any atom is 0.164 e. The van der Waals surface area contributed by atoms with Crippen LogP contribution in [0.3, 0.4) is 0 Å². The lowest BCUT2D eigenvalue weighted by atomic mass is 9.98. The Morgan fingerprint density at radius 3 is 1.96 bits per heavy atom. The molecule has 9 aromatic rings. The summed E-state index contributed by atoms with van der Waals surface area (Å²) in [6, 6.07) is 56.7. The van der Waals surface area contributed by atoms with Gasteiger partial charge in [-0.2, -0.15) is 0 Å². The van der Waals surface area contributed by atoms with E-state index in [1.807, 2.05) is 48.5 Å². The summed E-state index contributed by atoms with van der Waals surface area (Å²) < 4.78 is 6.66. The van der Waals surface area contributed by atoms with Crippen LogP contribution in [-0.2, 0) is 0 Å². The highest BCUT2D eigenvalue weighted by molar-refractivity contribution is 6.13. The van der Waals surface area contributed by atoms with Crippen LogP contribution in [0, 0.1) is 0 Å². The summed E-state index contributed by atoms with van der Waals surface area (Å²) in [6.07, 6.45) is 8.89. The summed E-state index contributed by atoms with van der Waals surface area (Å²) in [7, 11) is 0. The first kappa shape index (κ1) is 31.6. The SMILES string of the molecule is C1=CC(c2ccc(-c3nc(-c4ccccc4)nc(-c4cccc5oc6cc(N(c7ccccc7)c7cccc8ccccc78)ccc6c45)n3)cc2)=CCC1. The van der Waals surface area contributed by atoms with E-state index in [9.17, 15) is 0 Å². The molecule has 0 saturated heterocycles. The molecule has 2 heterocycles. The van der Waals surface area contributed by atoms with Gasteiger partial charge >= 0.3 is 0 Å². The molecule has 0 spiro atoms. The molecule has 2 aromatic heterocycles. The van der Waals surface area contributed by atoms with Crippen molar-refractivity contribution in [1.82, 2.24) is 15.0 Å². The van der Waals surface area contributed by atoms with Crippen LogP contribution in [-0.4, -0.2) is 15.0 Å². The quantitative estimate of drug-likeness (QED) is 0.166. The minimum atomic E-state index is 0.597. The minimum Gasteiger partial charge on any atom is -0.456 e. The fourth-order valence-electron chi connectivity index (χ4n) is 7.53. The summed E-state index contributed by atoms with van der Waals surface area (Å²) >= 11 is 0. The van der Waals surface area contributed by atoms with Crippen molar-refractivity contribution in [3.63, 3.8) is 0 Å². The predicted molar refractivity (Wildman–Crippen MR) is 222 cm³/mol. The summed E-state index contributed by atoms with van der Waals surface area (Å²) in [6.45, 7) is 0. The van der Waals surface area contributed by atoms with Crippen molar-refractivity contribution in [3.8, 4) is 34.2 Å². The van der Waals surface area contributed by atoms with Gasteiger partial charge < -0.3 is 9.32 Å². The molecule has 0 N–H and O–H groups in total. The highest BCUT2D eigenvalue weighted by Crippen LogP contribution is 2.43.